The normalized spacial score (nSPS) is 15.2. The molecule has 0 radical (unpaired) electrons. The lowest BCUT2D eigenvalue weighted by molar-refractivity contribution is -0.114. The Kier molecular flexibility index (Phi) is 3.26. The molecule has 10 heteroatoms. The van der Waals surface area contributed by atoms with Crippen molar-refractivity contribution in [1.82, 2.24) is 20.5 Å². The van der Waals surface area contributed by atoms with Crippen LogP contribution in [0.15, 0.2) is 35.4 Å². The van der Waals surface area contributed by atoms with Gasteiger partial charge >= 0.3 is 6.03 Å². The first kappa shape index (κ1) is 14.3. The third kappa shape index (κ3) is 2.37. The second kappa shape index (κ2) is 5.26. The number of hydrazone groups is 1. The van der Waals surface area contributed by atoms with Crippen LogP contribution in [0.2, 0.25) is 0 Å². The number of carbonyl (C=O) groups is 3. The third-order valence-electron chi connectivity index (χ3n) is 3.09. The van der Waals surface area contributed by atoms with Crippen LogP contribution in [-0.4, -0.2) is 33.3 Å². The fraction of sp³-hybridized carbons (Fsp3) is 0. The topological polar surface area (TPSA) is 157 Å². The van der Waals surface area contributed by atoms with E-state index in [1.54, 1.807) is 24.3 Å². The Morgan fingerprint density at radius 1 is 1.22 bits per heavy atom. The predicted octanol–water partition coefficient (Wildman–Crippen LogP) is -0.903. The van der Waals surface area contributed by atoms with Crippen molar-refractivity contribution in [1.29, 1.82) is 0 Å². The number of hydrogen-bond acceptors (Lipinski definition) is 6. The van der Waals surface area contributed by atoms with Crippen LogP contribution in [0.3, 0.4) is 0 Å². The van der Waals surface area contributed by atoms with Crippen molar-refractivity contribution in [2.24, 2.45) is 10.8 Å². The molecule has 0 fully saturated rings. The van der Waals surface area contributed by atoms with Gasteiger partial charge < -0.3 is 11.5 Å². The van der Waals surface area contributed by atoms with E-state index in [0.717, 1.165) is 0 Å². The van der Waals surface area contributed by atoms with Crippen molar-refractivity contribution in [2.45, 2.75) is 0 Å². The van der Waals surface area contributed by atoms with Gasteiger partial charge in [0.05, 0.1) is 5.69 Å². The number of hydrogen-bond donors (Lipinski definition) is 4. The zero-order valence-electron chi connectivity index (χ0n) is 11.6. The average Bonchev–Trinajstić information content (AvgIpc) is 2.85. The van der Waals surface area contributed by atoms with Gasteiger partial charge in [-0.2, -0.15) is 10.2 Å². The number of amides is 4. The van der Waals surface area contributed by atoms with Crippen LogP contribution in [0, 0.1) is 0 Å². The van der Waals surface area contributed by atoms with Gasteiger partial charge in [-0.25, -0.2) is 14.9 Å². The average molecular weight is 313 g/mol. The number of para-hydroxylation sites is 1. The van der Waals surface area contributed by atoms with Crippen molar-refractivity contribution in [2.75, 3.05) is 5.73 Å². The molecule has 0 bridgehead atoms. The van der Waals surface area contributed by atoms with Gasteiger partial charge in [-0.15, -0.1) is 0 Å². The van der Waals surface area contributed by atoms with Crippen LogP contribution in [0.5, 0.6) is 0 Å². The summed E-state index contributed by atoms with van der Waals surface area (Å²) < 4.78 is 1.31. The third-order valence-corrected chi connectivity index (χ3v) is 3.09. The number of nitrogens with zero attached hydrogens (tertiary/aromatic N) is 3. The summed E-state index contributed by atoms with van der Waals surface area (Å²) in [5.74, 6) is -1.46. The molecule has 0 saturated carbocycles. The Hall–Kier alpha value is -3.69. The van der Waals surface area contributed by atoms with Crippen molar-refractivity contribution in [3.63, 3.8) is 0 Å². The minimum Gasteiger partial charge on any atom is -0.383 e. The molecule has 1 aromatic carbocycles. The molecule has 0 atom stereocenters. The highest BCUT2D eigenvalue weighted by atomic mass is 16.2. The van der Waals surface area contributed by atoms with Crippen molar-refractivity contribution < 1.29 is 14.4 Å². The number of nitrogens with one attached hydrogen (secondary N) is 2. The second-order valence-electron chi connectivity index (χ2n) is 4.58. The highest BCUT2D eigenvalue weighted by Crippen LogP contribution is 2.24. The zero-order chi connectivity index (χ0) is 16.6. The van der Waals surface area contributed by atoms with Gasteiger partial charge in [-0.3, -0.25) is 14.9 Å². The zero-order valence-corrected chi connectivity index (χ0v) is 11.6. The lowest BCUT2D eigenvalue weighted by atomic mass is 10.1. The Bertz CT molecular complexity index is 854. The Balaban J connectivity index is 2.18. The molecule has 1 aliphatic rings. The smallest absolute Gasteiger partial charge is 0.332 e. The Labute approximate surface area is 129 Å². The largest absolute Gasteiger partial charge is 0.383 e. The molecule has 23 heavy (non-hydrogen) atoms. The van der Waals surface area contributed by atoms with Gasteiger partial charge in [0.25, 0.3) is 11.8 Å². The molecule has 10 nitrogen and oxygen atoms in total. The first-order valence-electron chi connectivity index (χ1n) is 6.42. The number of fused-ring (bicyclic) bond motifs is 1. The molecule has 1 aliphatic heterocycles. The number of imide groups is 1. The van der Waals surface area contributed by atoms with E-state index in [0.29, 0.717) is 5.69 Å². The summed E-state index contributed by atoms with van der Waals surface area (Å²) in [6.07, 6.45) is 0. The molecular formula is C13H11N7O3. The van der Waals surface area contributed by atoms with Crippen molar-refractivity contribution >= 4 is 29.4 Å². The predicted molar refractivity (Wildman–Crippen MR) is 79.7 cm³/mol. The number of nitrogen functional groups attached to an aromatic ring is 1. The minimum atomic E-state index is -0.959. The van der Waals surface area contributed by atoms with Crippen molar-refractivity contribution in [3.05, 3.63) is 41.6 Å². The van der Waals surface area contributed by atoms with Crippen LogP contribution in [0.1, 0.15) is 16.1 Å². The van der Waals surface area contributed by atoms with Gasteiger partial charge in [-0.1, -0.05) is 18.2 Å². The van der Waals surface area contributed by atoms with Gasteiger partial charge in [-0.05, 0) is 12.1 Å². The summed E-state index contributed by atoms with van der Waals surface area (Å²) in [7, 11) is 0. The standard InChI is InChI=1S/C13H11N7O3/c14-10-7-8(19-20(10)6-4-2-1-3-5-6)9(17-18-13(15)23)12(22)16-11(7)21/h1-5H,14H2,(H3,15,18,23)(H,16,21,22)/b17-9+. The molecule has 6 N–H and O–H groups in total. The first-order valence-corrected chi connectivity index (χ1v) is 6.42. The highest BCUT2D eigenvalue weighted by Gasteiger charge is 2.35. The van der Waals surface area contributed by atoms with Crippen LogP contribution in [0.25, 0.3) is 5.69 Å². The summed E-state index contributed by atoms with van der Waals surface area (Å²) in [4.78, 5) is 34.7. The van der Waals surface area contributed by atoms with Gasteiger partial charge in [0.2, 0.25) is 0 Å². The number of benzene rings is 1. The number of carbonyl (C=O) groups excluding carboxylic acids is 3. The first-order chi connectivity index (χ1) is 11.0. The second-order valence-corrected chi connectivity index (χ2v) is 4.58. The molecule has 4 amide bonds. The van der Waals surface area contributed by atoms with Crippen LogP contribution >= 0.6 is 0 Å². The maximum absolute atomic E-state index is 12.0. The molecule has 0 saturated heterocycles. The van der Waals surface area contributed by atoms with Crippen molar-refractivity contribution in [3.8, 4) is 5.69 Å². The molecule has 0 spiro atoms. The van der Waals surface area contributed by atoms with Crippen LogP contribution in [-0.2, 0) is 4.79 Å². The van der Waals surface area contributed by atoms with Gasteiger partial charge in [0, 0.05) is 0 Å². The maximum atomic E-state index is 12.0. The van der Waals surface area contributed by atoms with E-state index in [2.05, 4.69) is 15.5 Å². The Morgan fingerprint density at radius 2 is 1.91 bits per heavy atom. The van der Waals surface area contributed by atoms with E-state index in [9.17, 15) is 14.4 Å². The maximum Gasteiger partial charge on any atom is 0.332 e. The number of anilines is 1. The van der Waals surface area contributed by atoms with E-state index in [4.69, 9.17) is 11.5 Å². The van der Waals surface area contributed by atoms with E-state index in [1.165, 1.54) is 4.68 Å². The molecular weight excluding hydrogens is 302 g/mol. The number of primary amides is 1. The fourth-order valence-corrected chi connectivity index (χ4v) is 2.13. The summed E-state index contributed by atoms with van der Waals surface area (Å²) in [5.41, 5.74) is 13.1. The monoisotopic (exact) mass is 313 g/mol. The van der Waals surface area contributed by atoms with Gasteiger partial charge in [0.15, 0.2) is 5.71 Å². The number of nitrogens with two attached hydrogens (primary N) is 2. The fourth-order valence-electron chi connectivity index (χ4n) is 2.13. The summed E-state index contributed by atoms with van der Waals surface area (Å²) in [6, 6.07) is 7.84. The summed E-state index contributed by atoms with van der Waals surface area (Å²) in [6.45, 7) is 0. The van der Waals surface area contributed by atoms with Crippen LogP contribution in [0.4, 0.5) is 10.6 Å². The lowest BCUT2D eigenvalue weighted by Crippen LogP contribution is -2.43. The minimum absolute atomic E-state index is 0.00141. The van der Waals surface area contributed by atoms with E-state index >= 15 is 0 Å². The Morgan fingerprint density at radius 3 is 2.57 bits per heavy atom. The van der Waals surface area contributed by atoms with E-state index in [-0.39, 0.29) is 22.8 Å². The van der Waals surface area contributed by atoms with E-state index < -0.39 is 17.8 Å². The molecule has 1 aromatic heterocycles. The number of rotatable bonds is 2. The molecule has 116 valence electrons. The number of urea groups is 1. The molecule has 2 heterocycles. The SMILES string of the molecule is NC(=O)N/N=C1/C(=O)NC(=O)c2c1nn(-c1ccccc1)c2N. The van der Waals surface area contributed by atoms with Gasteiger partial charge in [0.1, 0.15) is 17.1 Å². The van der Waals surface area contributed by atoms with E-state index in [1.807, 2.05) is 11.5 Å². The number of aromatic nitrogens is 2. The molecule has 0 unspecified atom stereocenters. The van der Waals surface area contributed by atoms with Crippen LogP contribution < -0.4 is 22.2 Å². The summed E-state index contributed by atoms with van der Waals surface area (Å²) in [5, 5.41) is 9.83. The lowest BCUT2D eigenvalue weighted by Gasteiger charge is -2.11. The molecule has 0 aliphatic carbocycles. The quantitative estimate of drug-likeness (QED) is 0.417. The molecule has 3 rings (SSSR count). The highest BCUT2D eigenvalue weighted by molar-refractivity contribution is 6.51. The molecule has 2 aromatic rings. The summed E-state index contributed by atoms with van der Waals surface area (Å²) >= 11 is 0.